The molecule has 2 aliphatic heterocycles. The molecule has 0 bridgehead atoms. The first kappa shape index (κ1) is 19.8. The number of benzene rings is 1. The third-order valence-corrected chi connectivity index (χ3v) is 6.70. The minimum absolute atomic E-state index is 0.0644. The molecule has 8 heteroatoms. The number of carbonyl (C=O) groups is 2. The molecule has 3 heterocycles. The number of methoxy groups -OCH3 is 1. The van der Waals surface area contributed by atoms with E-state index in [2.05, 4.69) is 15.2 Å². The second kappa shape index (κ2) is 7.76. The van der Waals surface area contributed by atoms with Gasteiger partial charge in [-0.15, -0.1) is 11.3 Å². The van der Waals surface area contributed by atoms with Gasteiger partial charge in [0.2, 0.25) is 5.91 Å². The maximum atomic E-state index is 12.6. The fraction of sp³-hybridized carbons (Fsp3) is 0.476. The molecule has 1 aromatic carbocycles. The molecule has 154 valence electrons. The van der Waals surface area contributed by atoms with Crippen molar-refractivity contribution in [2.45, 2.75) is 38.7 Å². The van der Waals surface area contributed by atoms with Crippen LogP contribution in [0, 0.1) is 13.8 Å². The molecule has 0 radical (unpaired) electrons. The number of nitrogens with one attached hydrogen (secondary N) is 1. The van der Waals surface area contributed by atoms with Gasteiger partial charge in [0.05, 0.1) is 31.3 Å². The summed E-state index contributed by atoms with van der Waals surface area (Å²) in [6, 6.07) is 5.33. The number of carbonyl (C=O) groups excluding carboxylic acids is 2. The molecular formula is C21H25N3O4S. The van der Waals surface area contributed by atoms with Gasteiger partial charge in [0.1, 0.15) is 17.1 Å². The molecule has 2 aromatic rings. The summed E-state index contributed by atoms with van der Waals surface area (Å²) in [5.74, 6) is 1.32. The Morgan fingerprint density at radius 3 is 2.76 bits per heavy atom. The first-order valence-electron chi connectivity index (χ1n) is 9.74. The Labute approximate surface area is 174 Å². The van der Waals surface area contributed by atoms with E-state index in [0.29, 0.717) is 61.1 Å². The number of hydrogen-bond acceptors (Lipinski definition) is 7. The van der Waals surface area contributed by atoms with Gasteiger partial charge in [0, 0.05) is 36.9 Å². The first-order chi connectivity index (χ1) is 13.9. The van der Waals surface area contributed by atoms with Crippen molar-refractivity contribution in [1.82, 2.24) is 9.88 Å². The number of thiazole rings is 1. The number of hydrogen-bond donors (Lipinski definition) is 1. The van der Waals surface area contributed by atoms with Gasteiger partial charge in [0.25, 0.3) is 0 Å². The van der Waals surface area contributed by atoms with Crippen molar-refractivity contribution < 1.29 is 19.1 Å². The minimum Gasteiger partial charge on any atom is -0.497 e. The largest absolute Gasteiger partial charge is 0.497 e. The highest BCUT2D eigenvalue weighted by Gasteiger charge is 2.43. The van der Waals surface area contributed by atoms with Crippen LogP contribution in [0.15, 0.2) is 18.2 Å². The van der Waals surface area contributed by atoms with Crippen LogP contribution in [0.4, 0.5) is 5.13 Å². The number of nitrogens with zero attached hydrogens (tertiary/aromatic N) is 2. The van der Waals surface area contributed by atoms with Gasteiger partial charge < -0.3 is 14.8 Å². The number of aryl methyl sites for hydroxylation is 2. The van der Waals surface area contributed by atoms with Crippen molar-refractivity contribution >= 4 is 28.2 Å². The number of amides is 1. The number of Topliss-reactive ketones (excluding diaryl/α,β-unsaturated/α-hetero) is 1. The summed E-state index contributed by atoms with van der Waals surface area (Å²) in [5.41, 5.74) is 1.07. The minimum atomic E-state index is -0.493. The number of piperidine rings is 1. The number of rotatable bonds is 4. The van der Waals surface area contributed by atoms with E-state index in [1.165, 1.54) is 11.3 Å². The highest BCUT2D eigenvalue weighted by Crippen LogP contribution is 2.40. The summed E-state index contributed by atoms with van der Waals surface area (Å²) in [5, 5.41) is 3.53. The van der Waals surface area contributed by atoms with Crippen molar-refractivity contribution in [3.8, 4) is 11.5 Å². The number of anilines is 1. The second-order valence-corrected chi connectivity index (χ2v) is 8.94. The molecule has 1 aromatic heterocycles. The van der Waals surface area contributed by atoms with Gasteiger partial charge in [0.15, 0.2) is 10.9 Å². The Bertz CT molecular complexity index is 928. The highest BCUT2D eigenvalue weighted by molar-refractivity contribution is 7.15. The number of likely N-dealkylation sites (tertiary alicyclic amines) is 1. The number of ether oxygens (including phenoxy) is 2. The predicted octanol–water partition coefficient (Wildman–Crippen LogP) is 3.21. The van der Waals surface area contributed by atoms with Crippen molar-refractivity contribution in [3.63, 3.8) is 0 Å². The zero-order valence-corrected chi connectivity index (χ0v) is 17.7. The van der Waals surface area contributed by atoms with Crippen molar-refractivity contribution in [1.29, 1.82) is 0 Å². The quantitative estimate of drug-likeness (QED) is 0.826. The number of aromatic nitrogens is 1. The average Bonchev–Trinajstić information content (AvgIpc) is 3.00. The summed E-state index contributed by atoms with van der Waals surface area (Å²) >= 11 is 1.49. The normalized spacial score (nSPS) is 18.2. The molecule has 7 nitrogen and oxygen atoms in total. The topological polar surface area (TPSA) is 80.8 Å². The Morgan fingerprint density at radius 2 is 2.10 bits per heavy atom. The van der Waals surface area contributed by atoms with Crippen LogP contribution >= 0.6 is 11.3 Å². The van der Waals surface area contributed by atoms with Crippen LogP contribution in [0.25, 0.3) is 0 Å². The molecule has 0 aliphatic carbocycles. The van der Waals surface area contributed by atoms with Crippen LogP contribution in [0.2, 0.25) is 0 Å². The van der Waals surface area contributed by atoms with Crippen LogP contribution in [0.3, 0.4) is 0 Å². The lowest BCUT2D eigenvalue weighted by atomic mass is 9.82. The SMILES string of the molecule is COc1ccc2c(c1)OC1(CCN(CC(=O)Nc3nc(C)c(C)s3)CC1)CC2=O. The van der Waals surface area contributed by atoms with E-state index in [4.69, 9.17) is 9.47 Å². The summed E-state index contributed by atoms with van der Waals surface area (Å²) in [6.07, 6.45) is 1.79. The van der Waals surface area contributed by atoms with Gasteiger partial charge in [-0.05, 0) is 26.0 Å². The summed E-state index contributed by atoms with van der Waals surface area (Å²) in [4.78, 5) is 32.6. The number of ketones is 1. The Hall–Kier alpha value is -2.45. The Kier molecular flexibility index (Phi) is 5.31. The molecule has 1 N–H and O–H groups in total. The lowest BCUT2D eigenvalue weighted by molar-refractivity contribution is -0.118. The van der Waals surface area contributed by atoms with Gasteiger partial charge in [-0.25, -0.2) is 4.98 Å². The van der Waals surface area contributed by atoms with Crippen LogP contribution in [0.5, 0.6) is 11.5 Å². The van der Waals surface area contributed by atoms with Crippen molar-refractivity contribution in [2.75, 3.05) is 32.1 Å². The van der Waals surface area contributed by atoms with Crippen LogP contribution in [-0.2, 0) is 4.79 Å². The predicted molar refractivity (Wildman–Crippen MR) is 111 cm³/mol. The van der Waals surface area contributed by atoms with E-state index < -0.39 is 5.60 Å². The molecule has 29 heavy (non-hydrogen) atoms. The fourth-order valence-corrected chi connectivity index (χ4v) is 4.72. The van der Waals surface area contributed by atoms with E-state index in [-0.39, 0.29) is 11.7 Å². The lowest BCUT2D eigenvalue weighted by Crippen LogP contribution is -2.52. The van der Waals surface area contributed by atoms with Crippen LogP contribution in [-0.4, -0.2) is 53.9 Å². The first-order valence-corrected chi connectivity index (χ1v) is 10.6. The third kappa shape index (κ3) is 4.13. The lowest BCUT2D eigenvalue weighted by Gasteiger charge is -2.43. The third-order valence-electron chi connectivity index (χ3n) is 5.71. The van der Waals surface area contributed by atoms with Gasteiger partial charge >= 0.3 is 0 Å². The van der Waals surface area contributed by atoms with E-state index >= 15 is 0 Å². The molecule has 1 spiro atoms. The molecule has 2 aliphatic rings. The van der Waals surface area contributed by atoms with Gasteiger partial charge in [-0.1, -0.05) is 0 Å². The Balaban J connectivity index is 1.36. The molecule has 0 saturated carbocycles. The van der Waals surface area contributed by atoms with Crippen molar-refractivity contribution in [3.05, 3.63) is 34.3 Å². The standard InChI is InChI=1S/C21H25N3O4S/c1-13-14(2)29-20(22-13)23-19(26)12-24-8-6-21(7-9-24)11-17(25)16-5-4-15(27-3)10-18(16)28-21/h4-5,10H,6-9,11-12H2,1-3H3,(H,22,23,26). The molecule has 0 unspecified atom stereocenters. The molecule has 1 amide bonds. The van der Waals surface area contributed by atoms with Crippen molar-refractivity contribution in [2.24, 2.45) is 0 Å². The summed E-state index contributed by atoms with van der Waals surface area (Å²) in [6.45, 7) is 5.65. The highest BCUT2D eigenvalue weighted by atomic mass is 32.1. The zero-order chi connectivity index (χ0) is 20.6. The Morgan fingerprint density at radius 1 is 1.34 bits per heavy atom. The van der Waals surface area contributed by atoms with E-state index in [0.717, 1.165) is 10.6 Å². The maximum Gasteiger partial charge on any atom is 0.240 e. The monoisotopic (exact) mass is 415 g/mol. The zero-order valence-electron chi connectivity index (χ0n) is 16.9. The molecule has 1 saturated heterocycles. The van der Waals surface area contributed by atoms with E-state index in [9.17, 15) is 9.59 Å². The smallest absolute Gasteiger partial charge is 0.240 e. The summed E-state index contributed by atoms with van der Waals surface area (Å²) in [7, 11) is 1.60. The number of fused-ring (bicyclic) bond motifs is 1. The summed E-state index contributed by atoms with van der Waals surface area (Å²) < 4.78 is 11.6. The average molecular weight is 416 g/mol. The second-order valence-electron chi connectivity index (χ2n) is 7.73. The van der Waals surface area contributed by atoms with Gasteiger partial charge in [-0.3, -0.25) is 14.5 Å². The van der Waals surface area contributed by atoms with E-state index in [1.807, 2.05) is 13.8 Å². The van der Waals surface area contributed by atoms with Gasteiger partial charge in [-0.2, -0.15) is 0 Å². The fourth-order valence-electron chi connectivity index (χ4n) is 3.89. The van der Waals surface area contributed by atoms with Crippen LogP contribution < -0.4 is 14.8 Å². The molecule has 1 fully saturated rings. The van der Waals surface area contributed by atoms with Crippen LogP contribution in [0.1, 0.15) is 40.2 Å². The van der Waals surface area contributed by atoms with E-state index in [1.54, 1.807) is 25.3 Å². The maximum absolute atomic E-state index is 12.6. The molecular weight excluding hydrogens is 390 g/mol. The molecule has 4 rings (SSSR count). The molecule has 0 atom stereocenters.